The number of thioether (sulfide) groups is 1. The number of hydrogen-bond donors (Lipinski definition) is 1. The van der Waals surface area contributed by atoms with Gasteiger partial charge in [-0.2, -0.15) is 11.8 Å². The van der Waals surface area contributed by atoms with E-state index in [2.05, 4.69) is 5.32 Å². The summed E-state index contributed by atoms with van der Waals surface area (Å²) in [5, 5.41) is 3.05. The van der Waals surface area contributed by atoms with E-state index in [1.165, 1.54) is 11.8 Å². The van der Waals surface area contributed by atoms with Gasteiger partial charge in [-0.25, -0.2) is 8.78 Å². The summed E-state index contributed by atoms with van der Waals surface area (Å²) in [6.45, 7) is 0. The first kappa shape index (κ1) is 10.7. The first-order chi connectivity index (χ1) is 7.25. The summed E-state index contributed by atoms with van der Waals surface area (Å²) in [4.78, 5) is 0. The van der Waals surface area contributed by atoms with Crippen LogP contribution in [-0.4, -0.2) is 17.5 Å². The lowest BCUT2D eigenvalue weighted by molar-refractivity contribution is 0.596. The highest BCUT2D eigenvalue weighted by Crippen LogP contribution is 2.22. The van der Waals surface area contributed by atoms with E-state index in [0.717, 1.165) is 30.7 Å². The molecule has 15 heavy (non-hydrogen) atoms. The largest absolute Gasteiger partial charge is 0.379 e. The molecule has 82 valence electrons. The zero-order valence-electron chi connectivity index (χ0n) is 8.30. The van der Waals surface area contributed by atoms with Crippen molar-refractivity contribution in [3.63, 3.8) is 0 Å². The Labute approximate surface area is 92.3 Å². The molecule has 0 aromatic heterocycles. The number of rotatable bonds is 2. The van der Waals surface area contributed by atoms with Gasteiger partial charge < -0.3 is 5.32 Å². The highest BCUT2D eigenvalue weighted by molar-refractivity contribution is 7.99. The van der Waals surface area contributed by atoms with E-state index >= 15 is 0 Å². The normalized spacial score (nSPS) is 21.3. The van der Waals surface area contributed by atoms with Gasteiger partial charge in [-0.05, 0) is 36.8 Å². The fourth-order valence-corrected chi connectivity index (χ4v) is 2.75. The van der Waals surface area contributed by atoms with Crippen LogP contribution in [0.25, 0.3) is 0 Å². The Morgan fingerprint density at radius 1 is 1.33 bits per heavy atom. The van der Waals surface area contributed by atoms with Crippen LogP contribution in [0.15, 0.2) is 18.2 Å². The van der Waals surface area contributed by atoms with E-state index in [-0.39, 0.29) is 17.5 Å². The quantitative estimate of drug-likeness (QED) is 0.835. The molecule has 1 heterocycles. The molecule has 1 N–H and O–H groups in total. The van der Waals surface area contributed by atoms with Gasteiger partial charge >= 0.3 is 0 Å². The second-order valence-electron chi connectivity index (χ2n) is 3.68. The van der Waals surface area contributed by atoms with Gasteiger partial charge in [-0.15, -0.1) is 0 Å². The molecule has 1 fully saturated rings. The van der Waals surface area contributed by atoms with Crippen molar-refractivity contribution in [2.24, 2.45) is 0 Å². The van der Waals surface area contributed by atoms with E-state index in [0.29, 0.717) is 0 Å². The molecule has 4 heteroatoms. The molecule has 1 atom stereocenters. The van der Waals surface area contributed by atoms with Crippen LogP contribution in [0.2, 0.25) is 0 Å². The number of benzene rings is 1. The molecule has 1 aliphatic rings. The van der Waals surface area contributed by atoms with E-state index < -0.39 is 5.82 Å². The summed E-state index contributed by atoms with van der Waals surface area (Å²) >= 11 is 1.85. The van der Waals surface area contributed by atoms with Gasteiger partial charge in [-0.1, -0.05) is 0 Å². The minimum atomic E-state index is -0.401. The molecule has 0 radical (unpaired) electrons. The molecule has 0 amide bonds. The highest BCUT2D eigenvalue weighted by atomic mass is 32.2. The minimum absolute atomic E-state index is 0.264. The second kappa shape index (κ2) is 4.84. The van der Waals surface area contributed by atoms with Gasteiger partial charge in [0.2, 0.25) is 0 Å². The maximum Gasteiger partial charge on any atom is 0.146 e. The van der Waals surface area contributed by atoms with Crippen molar-refractivity contribution < 1.29 is 8.78 Å². The molecule has 0 aliphatic carbocycles. The average molecular weight is 229 g/mol. The fourth-order valence-electron chi connectivity index (χ4n) is 1.68. The van der Waals surface area contributed by atoms with Crippen molar-refractivity contribution in [2.75, 3.05) is 16.8 Å². The topological polar surface area (TPSA) is 12.0 Å². The van der Waals surface area contributed by atoms with Crippen molar-refractivity contribution in [1.29, 1.82) is 0 Å². The van der Waals surface area contributed by atoms with Crippen LogP contribution in [0.1, 0.15) is 12.8 Å². The molecule has 2 rings (SSSR count). The smallest absolute Gasteiger partial charge is 0.146 e. The van der Waals surface area contributed by atoms with E-state index in [9.17, 15) is 8.78 Å². The molecule has 0 spiro atoms. The number of nitrogens with one attached hydrogen (secondary N) is 1. The number of halogens is 2. The Balaban J connectivity index is 2.05. The van der Waals surface area contributed by atoms with Crippen molar-refractivity contribution in [3.8, 4) is 0 Å². The zero-order chi connectivity index (χ0) is 10.7. The SMILES string of the molecule is Fc1ccc(F)c(N[C@@H]2CCCSC2)c1. The predicted molar refractivity (Wildman–Crippen MR) is 60.3 cm³/mol. The van der Waals surface area contributed by atoms with E-state index in [1.54, 1.807) is 0 Å². The molecular formula is C11H13F2NS. The van der Waals surface area contributed by atoms with Crippen LogP contribution in [-0.2, 0) is 0 Å². The van der Waals surface area contributed by atoms with Crippen molar-refractivity contribution in [1.82, 2.24) is 0 Å². The monoisotopic (exact) mass is 229 g/mol. The number of hydrogen-bond acceptors (Lipinski definition) is 2. The second-order valence-corrected chi connectivity index (χ2v) is 4.83. The Kier molecular flexibility index (Phi) is 3.46. The van der Waals surface area contributed by atoms with Gasteiger partial charge in [0.05, 0.1) is 5.69 Å². The Bertz CT molecular complexity index is 337. The maximum atomic E-state index is 13.3. The van der Waals surface area contributed by atoms with Crippen LogP contribution in [0.4, 0.5) is 14.5 Å². The molecule has 1 aromatic carbocycles. The molecule has 1 nitrogen and oxygen atoms in total. The fraction of sp³-hybridized carbons (Fsp3) is 0.455. The summed E-state index contributed by atoms with van der Waals surface area (Å²) < 4.78 is 26.2. The lowest BCUT2D eigenvalue weighted by Crippen LogP contribution is -2.26. The molecule has 1 aromatic rings. The van der Waals surface area contributed by atoms with Gasteiger partial charge in [-0.3, -0.25) is 0 Å². The summed E-state index contributed by atoms with van der Waals surface area (Å²) in [5.74, 6) is 1.36. The van der Waals surface area contributed by atoms with E-state index in [4.69, 9.17) is 0 Å². The summed E-state index contributed by atoms with van der Waals surface area (Å²) in [6, 6.07) is 3.78. The third kappa shape index (κ3) is 2.84. The standard InChI is InChI=1S/C11H13F2NS/c12-8-3-4-10(13)11(6-8)14-9-2-1-5-15-7-9/h3-4,6,9,14H,1-2,5,7H2/t9-/m1/s1. The molecule has 1 aliphatic heterocycles. The van der Waals surface area contributed by atoms with Crippen LogP contribution >= 0.6 is 11.8 Å². The molecule has 1 saturated heterocycles. The van der Waals surface area contributed by atoms with Gasteiger partial charge in [0.15, 0.2) is 0 Å². The average Bonchev–Trinajstić information content (AvgIpc) is 2.25. The molecule has 0 unspecified atom stereocenters. The predicted octanol–water partition coefficient (Wildman–Crippen LogP) is 3.27. The third-order valence-electron chi connectivity index (χ3n) is 2.45. The third-order valence-corrected chi connectivity index (χ3v) is 3.66. The lowest BCUT2D eigenvalue weighted by Gasteiger charge is -2.23. The van der Waals surface area contributed by atoms with Crippen LogP contribution in [0, 0.1) is 11.6 Å². The Morgan fingerprint density at radius 2 is 2.20 bits per heavy atom. The molecule has 0 bridgehead atoms. The molecular weight excluding hydrogens is 216 g/mol. The van der Waals surface area contributed by atoms with Crippen LogP contribution < -0.4 is 5.32 Å². The molecule has 0 saturated carbocycles. The highest BCUT2D eigenvalue weighted by Gasteiger charge is 2.15. The Hall–Kier alpha value is -0.770. The van der Waals surface area contributed by atoms with Gasteiger partial charge in [0.25, 0.3) is 0 Å². The lowest BCUT2D eigenvalue weighted by atomic mass is 10.1. The first-order valence-electron chi connectivity index (χ1n) is 5.05. The zero-order valence-corrected chi connectivity index (χ0v) is 9.12. The van der Waals surface area contributed by atoms with Gasteiger partial charge in [0.1, 0.15) is 11.6 Å². The van der Waals surface area contributed by atoms with Crippen LogP contribution in [0.3, 0.4) is 0 Å². The van der Waals surface area contributed by atoms with Crippen molar-refractivity contribution in [3.05, 3.63) is 29.8 Å². The van der Waals surface area contributed by atoms with Crippen molar-refractivity contribution >= 4 is 17.4 Å². The van der Waals surface area contributed by atoms with Crippen molar-refractivity contribution in [2.45, 2.75) is 18.9 Å². The van der Waals surface area contributed by atoms with E-state index in [1.807, 2.05) is 11.8 Å². The van der Waals surface area contributed by atoms with Crippen LogP contribution in [0.5, 0.6) is 0 Å². The van der Waals surface area contributed by atoms with Gasteiger partial charge in [0, 0.05) is 11.8 Å². The Morgan fingerprint density at radius 3 is 2.93 bits per heavy atom. The summed E-state index contributed by atoms with van der Waals surface area (Å²) in [6.07, 6.45) is 2.17. The maximum absolute atomic E-state index is 13.3. The summed E-state index contributed by atoms with van der Waals surface area (Å²) in [7, 11) is 0. The number of anilines is 1. The first-order valence-corrected chi connectivity index (χ1v) is 6.20. The summed E-state index contributed by atoms with van der Waals surface area (Å²) in [5.41, 5.74) is 0.280. The minimum Gasteiger partial charge on any atom is -0.379 e.